The van der Waals surface area contributed by atoms with Crippen molar-refractivity contribution in [3.8, 4) is 22.8 Å². The van der Waals surface area contributed by atoms with Crippen molar-refractivity contribution in [2.24, 2.45) is 7.05 Å². The Hall–Kier alpha value is -3.04. The number of hydrogen-bond donors (Lipinski definition) is 0. The molecule has 1 aromatic carbocycles. The predicted molar refractivity (Wildman–Crippen MR) is 128 cm³/mol. The fraction of sp³-hybridized carbons (Fsp3) is 0.375. The minimum Gasteiger partial charge on any atom is -0.361 e. The smallest absolute Gasteiger partial charge is 0.191 e. The Kier molecular flexibility index (Phi) is 6.24. The first kappa shape index (κ1) is 21.8. The quantitative estimate of drug-likeness (QED) is 0.402. The molecule has 5 rings (SSSR count). The molecule has 8 nitrogen and oxygen atoms in total. The van der Waals surface area contributed by atoms with E-state index in [0.717, 1.165) is 77.6 Å². The number of nitrogens with zero attached hydrogens (tertiary/aromatic N) is 7. The Labute approximate surface area is 197 Å². The average Bonchev–Trinajstić information content (AvgIpc) is 3.35. The van der Waals surface area contributed by atoms with Crippen LogP contribution in [0.1, 0.15) is 22.6 Å². The van der Waals surface area contributed by atoms with Gasteiger partial charge < -0.3 is 14.0 Å². The highest BCUT2D eigenvalue weighted by atomic mass is 32.2. The monoisotopic (exact) mass is 461 g/mol. The van der Waals surface area contributed by atoms with Gasteiger partial charge in [0, 0.05) is 50.3 Å². The molecule has 4 heterocycles. The van der Waals surface area contributed by atoms with Gasteiger partial charge in [0.2, 0.25) is 0 Å². The van der Waals surface area contributed by atoms with E-state index in [1.807, 2.05) is 31.5 Å². The Balaban J connectivity index is 1.17. The zero-order chi connectivity index (χ0) is 22.8. The molecule has 9 heteroatoms. The molecule has 0 saturated heterocycles. The van der Waals surface area contributed by atoms with E-state index < -0.39 is 0 Å². The Bertz CT molecular complexity index is 1250. The van der Waals surface area contributed by atoms with Crippen LogP contribution in [0.3, 0.4) is 0 Å². The molecule has 0 unspecified atom stereocenters. The van der Waals surface area contributed by atoms with Crippen LogP contribution in [0.25, 0.3) is 22.8 Å². The molecule has 0 spiro atoms. The van der Waals surface area contributed by atoms with E-state index in [-0.39, 0.29) is 0 Å². The van der Waals surface area contributed by atoms with Gasteiger partial charge in [-0.3, -0.25) is 4.98 Å². The van der Waals surface area contributed by atoms with Crippen LogP contribution in [-0.4, -0.2) is 60.2 Å². The molecule has 1 aliphatic heterocycles. The maximum Gasteiger partial charge on any atom is 0.191 e. The lowest BCUT2D eigenvalue weighted by molar-refractivity contribution is 0.306. The van der Waals surface area contributed by atoms with Crippen molar-refractivity contribution in [1.29, 1.82) is 0 Å². The number of aryl methyl sites for hydroxylation is 2. The molecule has 1 aliphatic rings. The van der Waals surface area contributed by atoms with Gasteiger partial charge in [0.05, 0.1) is 11.9 Å². The van der Waals surface area contributed by atoms with E-state index >= 15 is 0 Å². The van der Waals surface area contributed by atoms with E-state index in [2.05, 4.69) is 48.4 Å². The minimum atomic E-state index is 0.743. The summed E-state index contributed by atoms with van der Waals surface area (Å²) in [7, 11) is 1.98. The Morgan fingerprint density at radius 3 is 2.58 bits per heavy atom. The van der Waals surface area contributed by atoms with Crippen LogP contribution in [0, 0.1) is 13.8 Å². The van der Waals surface area contributed by atoms with Crippen LogP contribution in [0.4, 0.5) is 0 Å². The van der Waals surface area contributed by atoms with E-state index in [4.69, 9.17) is 4.52 Å². The molecule has 0 N–H and O–H groups in total. The van der Waals surface area contributed by atoms with Crippen LogP contribution in [0.15, 0.2) is 46.3 Å². The molecule has 170 valence electrons. The number of aromatic nitrogens is 6. The molecule has 0 aliphatic carbocycles. The summed E-state index contributed by atoms with van der Waals surface area (Å²) >= 11 is 1.73. The largest absolute Gasteiger partial charge is 0.361 e. The van der Waals surface area contributed by atoms with Crippen LogP contribution in [0.5, 0.6) is 0 Å². The molecule has 4 aromatic rings. The van der Waals surface area contributed by atoms with E-state index in [0.29, 0.717) is 0 Å². The standard InChI is InChI=1S/C24H27N7OS/c1-16-14-26-22(15-25-16)23-27-28-24(30(23)3)33-11-10-31-8-6-18-4-5-20(13-19(18)7-9-31)21-12-17(2)32-29-21/h4-5,12-15H,6-11H2,1-3H3. The van der Waals surface area contributed by atoms with Crippen molar-refractivity contribution in [2.75, 3.05) is 25.4 Å². The van der Waals surface area contributed by atoms with Crippen LogP contribution >= 0.6 is 11.8 Å². The van der Waals surface area contributed by atoms with Crippen molar-refractivity contribution in [2.45, 2.75) is 31.8 Å². The van der Waals surface area contributed by atoms with Crippen LogP contribution in [-0.2, 0) is 19.9 Å². The predicted octanol–water partition coefficient (Wildman–Crippen LogP) is 3.74. The van der Waals surface area contributed by atoms with Gasteiger partial charge in [0.1, 0.15) is 17.1 Å². The Morgan fingerprint density at radius 2 is 1.82 bits per heavy atom. The molecule has 0 fully saturated rings. The van der Waals surface area contributed by atoms with Gasteiger partial charge in [-0.25, -0.2) is 4.98 Å². The molecule has 3 aromatic heterocycles. The van der Waals surface area contributed by atoms with Gasteiger partial charge in [-0.2, -0.15) is 0 Å². The Morgan fingerprint density at radius 1 is 0.970 bits per heavy atom. The number of fused-ring (bicyclic) bond motifs is 1. The van der Waals surface area contributed by atoms with E-state index in [1.54, 1.807) is 24.2 Å². The maximum atomic E-state index is 5.25. The molecule has 0 radical (unpaired) electrons. The molecule has 33 heavy (non-hydrogen) atoms. The number of thioether (sulfide) groups is 1. The molecule has 0 amide bonds. The van der Waals surface area contributed by atoms with Crippen LogP contribution in [0.2, 0.25) is 0 Å². The summed E-state index contributed by atoms with van der Waals surface area (Å²) in [5.41, 5.74) is 6.53. The first-order valence-electron chi connectivity index (χ1n) is 11.2. The van der Waals surface area contributed by atoms with Gasteiger partial charge in [-0.15, -0.1) is 10.2 Å². The van der Waals surface area contributed by atoms with Crippen molar-refractivity contribution in [3.63, 3.8) is 0 Å². The second-order valence-electron chi connectivity index (χ2n) is 8.40. The maximum absolute atomic E-state index is 5.25. The van der Waals surface area contributed by atoms with Gasteiger partial charge in [0.15, 0.2) is 11.0 Å². The van der Waals surface area contributed by atoms with Crippen LogP contribution < -0.4 is 0 Å². The normalized spacial score (nSPS) is 14.3. The minimum absolute atomic E-state index is 0.743. The van der Waals surface area contributed by atoms with E-state index in [1.165, 1.54) is 11.1 Å². The first-order valence-corrected chi connectivity index (χ1v) is 12.1. The zero-order valence-electron chi connectivity index (χ0n) is 19.2. The third-order valence-electron chi connectivity index (χ3n) is 6.01. The summed E-state index contributed by atoms with van der Waals surface area (Å²) in [6.07, 6.45) is 5.62. The highest BCUT2D eigenvalue weighted by Gasteiger charge is 2.17. The molecular weight excluding hydrogens is 434 g/mol. The summed E-state index contributed by atoms with van der Waals surface area (Å²) in [6, 6.07) is 8.68. The lowest BCUT2D eigenvalue weighted by atomic mass is 9.99. The third-order valence-corrected chi connectivity index (χ3v) is 7.01. The highest BCUT2D eigenvalue weighted by molar-refractivity contribution is 7.99. The lowest BCUT2D eigenvalue weighted by Crippen LogP contribution is -2.28. The second-order valence-corrected chi connectivity index (χ2v) is 9.47. The third kappa shape index (κ3) is 4.84. The number of hydrogen-bond acceptors (Lipinski definition) is 8. The van der Waals surface area contributed by atoms with Crippen molar-refractivity contribution < 1.29 is 4.52 Å². The van der Waals surface area contributed by atoms with E-state index in [9.17, 15) is 0 Å². The van der Waals surface area contributed by atoms with Crippen molar-refractivity contribution in [3.05, 3.63) is 59.2 Å². The van der Waals surface area contributed by atoms with Gasteiger partial charge >= 0.3 is 0 Å². The molecular formula is C24H27N7OS. The number of benzene rings is 1. The molecule has 0 saturated carbocycles. The van der Waals surface area contributed by atoms with Crippen molar-refractivity contribution in [1.82, 2.24) is 34.8 Å². The highest BCUT2D eigenvalue weighted by Crippen LogP contribution is 2.25. The fourth-order valence-corrected chi connectivity index (χ4v) is 5.01. The topological polar surface area (TPSA) is 85.8 Å². The number of rotatable bonds is 6. The molecule has 0 bridgehead atoms. The van der Waals surface area contributed by atoms with Gasteiger partial charge in [0.25, 0.3) is 0 Å². The second kappa shape index (κ2) is 9.44. The summed E-state index contributed by atoms with van der Waals surface area (Å²) < 4.78 is 7.24. The average molecular weight is 462 g/mol. The summed E-state index contributed by atoms with van der Waals surface area (Å²) in [4.78, 5) is 11.3. The summed E-state index contributed by atoms with van der Waals surface area (Å²) in [5.74, 6) is 2.55. The SMILES string of the molecule is Cc1cnc(-c2nnc(SCCN3CCc4ccc(-c5cc(C)on5)cc4CC3)n2C)cn1. The summed E-state index contributed by atoms with van der Waals surface area (Å²) in [5, 5.41) is 13.8. The summed E-state index contributed by atoms with van der Waals surface area (Å²) in [6.45, 7) is 6.98. The molecule has 0 atom stereocenters. The first-order chi connectivity index (χ1) is 16.1. The van der Waals surface area contributed by atoms with Gasteiger partial charge in [-0.1, -0.05) is 29.1 Å². The van der Waals surface area contributed by atoms with Gasteiger partial charge in [-0.05, 0) is 43.9 Å². The lowest BCUT2D eigenvalue weighted by Gasteiger charge is -2.19. The zero-order valence-corrected chi connectivity index (χ0v) is 20.0. The fourth-order valence-electron chi connectivity index (χ4n) is 4.09. The van der Waals surface area contributed by atoms with Crippen molar-refractivity contribution >= 4 is 11.8 Å².